The van der Waals surface area contributed by atoms with Crippen molar-refractivity contribution >= 4 is 34.7 Å². The van der Waals surface area contributed by atoms with E-state index >= 15 is 0 Å². The summed E-state index contributed by atoms with van der Waals surface area (Å²) in [6, 6.07) is 12.4. The van der Waals surface area contributed by atoms with Gasteiger partial charge in [-0.25, -0.2) is 4.39 Å². The summed E-state index contributed by atoms with van der Waals surface area (Å²) in [5.74, 6) is -2.12. The van der Waals surface area contributed by atoms with Crippen LogP contribution in [0.25, 0.3) is 5.76 Å². The number of halogens is 2. The number of aliphatic hydroxyl groups excluding tert-OH is 1. The zero-order chi connectivity index (χ0) is 25.1. The second-order valence-electron chi connectivity index (χ2n) is 7.55. The number of carbonyl (C=O) groups is 2. The van der Waals surface area contributed by atoms with Crippen LogP contribution in [-0.4, -0.2) is 35.0 Å². The van der Waals surface area contributed by atoms with Crippen molar-refractivity contribution in [3.05, 3.63) is 88.5 Å². The van der Waals surface area contributed by atoms with Crippen LogP contribution in [0.3, 0.4) is 0 Å². The molecule has 1 saturated heterocycles. The molecule has 4 rings (SSSR count). The largest absolute Gasteiger partial charge is 0.507 e. The number of ether oxygens (including phenoxy) is 2. The molecule has 1 fully saturated rings. The number of aliphatic hydroxyl groups is 1. The maximum atomic E-state index is 13.8. The second kappa shape index (κ2) is 10.1. The monoisotopic (exact) mass is 496 g/mol. The zero-order valence-electron chi connectivity index (χ0n) is 19.0. The molecule has 0 spiro atoms. The first-order valence-electron chi connectivity index (χ1n) is 10.9. The van der Waals surface area contributed by atoms with E-state index in [9.17, 15) is 19.1 Å². The molecule has 0 bridgehead atoms. The lowest BCUT2D eigenvalue weighted by Gasteiger charge is -2.25. The molecule has 1 aliphatic rings. The van der Waals surface area contributed by atoms with Crippen LogP contribution in [-0.2, 0) is 9.59 Å². The van der Waals surface area contributed by atoms with Crippen molar-refractivity contribution in [1.82, 2.24) is 4.98 Å². The van der Waals surface area contributed by atoms with Crippen LogP contribution in [0, 0.1) is 5.82 Å². The minimum atomic E-state index is -1.08. The number of aromatic nitrogens is 1. The molecule has 1 unspecified atom stereocenters. The molecule has 3 aromatic rings. The minimum absolute atomic E-state index is 0.181. The smallest absolute Gasteiger partial charge is 0.300 e. The third-order valence-electron chi connectivity index (χ3n) is 5.41. The van der Waals surface area contributed by atoms with Crippen LogP contribution < -0.4 is 14.4 Å². The molecule has 2 heterocycles. The Kier molecular flexibility index (Phi) is 7.02. The maximum Gasteiger partial charge on any atom is 0.300 e. The van der Waals surface area contributed by atoms with E-state index in [1.807, 2.05) is 6.92 Å². The van der Waals surface area contributed by atoms with E-state index in [0.717, 1.165) is 11.0 Å². The van der Waals surface area contributed by atoms with Crippen molar-refractivity contribution in [1.29, 1.82) is 0 Å². The standard InChI is InChI=1S/C26H22ClFN2O5/c1-3-34-16-9-10-17(21(14-16)35-4-2)24(31)22-23(20-7-5-6-12-29-20)30(26(33)25(22)32)15-8-11-19(28)18(27)13-15/h5-14,23,31H,3-4H2,1-2H3/b24-22-. The van der Waals surface area contributed by atoms with Gasteiger partial charge in [0.05, 0.1) is 35.1 Å². The number of hydrogen-bond acceptors (Lipinski definition) is 6. The molecule has 0 radical (unpaired) electrons. The van der Waals surface area contributed by atoms with Gasteiger partial charge in [0.25, 0.3) is 11.7 Å². The number of rotatable bonds is 7. The molecule has 1 aliphatic heterocycles. The average molecular weight is 497 g/mol. The average Bonchev–Trinajstić information content (AvgIpc) is 3.12. The lowest BCUT2D eigenvalue weighted by molar-refractivity contribution is -0.132. The van der Waals surface area contributed by atoms with E-state index in [4.69, 9.17) is 21.1 Å². The Morgan fingerprint density at radius 2 is 1.86 bits per heavy atom. The normalized spacial score (nSPS) is 17.0. The number of carbonyl (C=O) groups excluding carboxylic acids is 2. The van der Waals surface area contributed by atoms with Gasteiger partial charge in [-0.2, -0.15) is 0 Å². The van der Waals surface area contributed by atoms with Crippen molar-refractivity contribution in [2.75, 3.05) is 18.1 Å². The highest BCUT2D eigenvalue weighted by molar-refractivity contribution is 6.51. The number of hydrogen-bond donors (Lipinski definition) is 1. The fraction of sp³-hybridized carbons (Fsp3) is 0.192. The van der Waals surface area contributed by atoms with Crippen LogP contribution in [0.5, 0.6) is 11.5 Å². The lowest BCUT2D eigenvalue weighted by Crippen LogP contribution is -2.29. The highest BCUT2D eigenvalue weighted by atomic mass is 35.5. The quantitative estimate of drug-likeness (QED) is 0.271. The Labute approximate surface area is 206 Å². The Morgan fingerprint density at radius 3 is 2.51 bits per heavy atom. The third-order valence-corrected chi connectivity index (χ3v) is 5.70. The minimum Gasteiger partial charge on any atom is -0.507 e. The first-order valence-corrected chi connectivity index (χ1v) is 11.3. The van der Waals surface area contributed by atoms with Crippen LogP contribution in [0.15, 0.2) is 66.4 Å². The van der Waals surface area contributed by atoms with Gasteiger partial charge >= 0.3 is 0 Å². The number of Topliss-reactive ketones (excluding diaryl/α,β-unsaturated/α-hetero) is 1. The van der Waals surface area contributed by atoms with Crippen LogP contribution in [0.2, 0.25) is 5.02 Å². The highest BCUT2D eigenvalue weighted by Crippen LogP contribution is 2.43. The number of amides is 1. The van der Waals surface area contributed by atoms with E-state index in [1.165, 1.54) is 18.3 Å². The first kappa shape index (κ1) is 24.2. The van der Waals surface area contributed by atoms with Gasteiger partial charge < -0.3 is 14.6 Å². The number of ketones is 1. The number of pyridine rings is 1. The van der Waals surface area contributed by atoms with Crippen LogP contribution >= 0.6 is 11.6 Å². The first-order chi connectivity index (χ1) is 16.9. The summed E-state index contributed by atoms with van der Waals surface area (Å²) in [6.45, 7) is 4.34. The predicted octanol–water partition coefficient (Wildman–Crippen LogP) is 5.30. The molecular formula is C26H22ClFN2O5. The van der Waals surface area contributed by atoms with Gasteiger partial charge in [0.15, 0.2) is 0 Å². The Hall–Kier alpha value is -3.91. The van der Waals surface area contributed by atoms with Crippen LogP contribution in [0.4, 0.5) is 10.1 Å². The van der Waals surface area contributed by atoms with Gasteiger partial charge in [0, 0.05) is 18.0 Å². The Bertz CT molecular complexity index is 1310. The van der Waals surface area contributed by atoms with Crippen LogP contribution in [0.1, 0.15) is 31.1 Å². The summed E-state index contributed by atoms with van der Waals surface area (Å²) in [4.78, 5) is 31.9. The molecule has 0 saturated carbocycles. The third kappa shape index (κ3) is 4.57. The molecule has 1 N–H and O–H groups in total. The summed E-state index contributed by atoms with van der Waals surface area (Å²) >= 11 is 5.96. The second-order valence-corrected chi connectivity index (χ2v) is 7.95. The number of benzene rings is 2. The fourth-order valence-corrected chi connectivity index (χ4v) is 4.10. The SMILES string of the molecule is CCOc1ccc(/C(O)=C2/C(=O)C(=O)N(c3ccc(F)c(Cl)c3)C2c2ccccn2)c(OCC)c1. The van der Waals surface area contributed by atoms with Gasteiger partial charge in [0.1, 0.15) is 29.1 Å². The topological polar surface area (TPSA) is 89.0 Å². The van der Waals surface area contributed by atoms with E-state index in [1.54, 1.807) is 43.3 Å². The molecule has 1 amide bonds. The van der Waals surface area contributed by atoms with Gasteiger partial charge in [-0.15, -0.1) is 0 Å². The van der Waals surface area contributed by atoms with Gasteiger partial charge in [-0.1, -0.05) is 17.7 Å². The summed E-state index contributed by atoms with van der Waals surface area (Å²) in [7, 11) is 0. The molecule has 1 atom stereocenters. The maximum absolute atomic E-state index is 13.8. The van der Waals surface area contributed by atoms with E-state index in [0.29, 0.717) is 24.7 Å². The predicted molar refractivity (Wildman–Crippen MR) is 129 cm³/mol. The van der Waals surface area contributed by atoms with Crippen molar-refractivity contribution < 1.29 is 28.6 Å². The number of nitrogens with zero attached hydrogens (tertiary/aromatic N) is 2. The number of anilines is 1. The van der Waals surface area contributed by atoms with E-state index in [2.05, 4.69) is 4.98 Å². The summed E-state index contributed by atoms with van der Waals surface area (Å²) in [6.07, 6.45) is 1.51. The molecule has 7 nitrogen and oxygen atoms in total. The molecule has 0 aliphatic carbocycles. The Balaban J connectivity index is 1.93. The lowest BCUT2D eigenvalue weighted by atomic mass is 9.97. The Morgan fingerprint density at radius 1 is 1.09 bits per heavy atom. The van der Waals surface area contributed by atoms with Gasteiger partial charge in [0.2, 0.25) is 0 Å². The molecule has 9 heteroatoms. The summed E-state index contributed by atoms with van der Waals surface area (Å²) in [5, 5.41) is 11.2. The van der Waals surface area contributed by atoms with Gasteiger partial charge in [-0.05, 0) is 56.3 Å². The van der Waals surface area contributed by atoms with E-state index < -0.39 is 29.3 Å². The van der Waals surface area contributed by atoms with Crippen molar-refractivity contribution in [3.63, 3.8) is 0 Å². The molecule has 1 aromatic heterocycles. The van der Waals surface area contributed by atoms with Crippen molar-refractivity contribution in [2.45, 2.75) is 19.9 Å². The molecule has 180 valence electrons. The fourth-order valence-electron chi connectivity index (χ4n) is 3.93. The molecule has 35 heavy (non-hydrogen) atoms. The van der Waals surface area contributed by atoms with E-state index in [-0.39, 0.29) is 27.6 Å². The van der Waals surface area contributed by atoms with Crippen molar-refractivity contribution in [3.8, 4) is 11.5 Å². The highest BCUT2D eigenvalue weighted by Gasteiger charge is 2.48. The van der Waals surface area contributed by atoms with Crippen molar-refractivity contribution in [2.24, 2.45) is 0 Å². The van der Waals surface area contributed by atoms with Gasteiger partial charge in [-0.3, -0.25) is 19.5 Å². The summed E-state index contributed by atoms with van der Waals surface area (Å²) in [5.41, 5.74) is 0.549. The summed E-state index contributed by atoms with van der Waals surface area (Å²) < 4.78 is 25.0. The molecular weight excluding hydrogens is 475 g/mol. The zero-order valence-corrected chi connectivity index (χ0v) is 19.8. The molecule has 2 aromatic carbocycles.